The Hall–Kier alpha value is -0.170. The van der Waals surface area contributed by atoms with Gasteiger partial charge in [-0.3, -0.25) is 4.99 Å². The largest absolute Gasteiger partial charge is 0.383 e. The summed E-state index contributed by atoms with van der Waals surface area (Å²) in [6.45, 7) is 7.90. The molecule has 2 fully saturated rings. The maximum atomic E-state index is 12.0. The summed E-state index contributed by atoms with van der Waals surface area (Å²) < 4.78 is 30.7. The number of guanidine groups is 1. The van der Waals surface area contributed by atoms with Gasteiger partial charge in [0.05, 0.1) is 12.4 Å². The molecule has 2 saturated heterocycles. The third kappa shape index (κ3) is 8.29. The fraction of sp³-hybridized carbons (Fsp3) is 0.944. The highest BCUT2D eigenvalue weighted by Crippen LogP contribution is 2.16. The molecule has 2 heterocycles. The topological polar surface area (TPSA) is 86.3 Å². The molecule has 0 aromatic heterocycles. The Morgan fingerprint density at radius 3 is 2.32 bits per heavy atom. The van der Waals surface area contributed by atoms with Crippen molar-refractivity contribution in [3.8, 4) is 0 Å². The van der Waals surface area contributed by atoms with Crippen LogP contribution in [0.15, 0.2) is 4.99 Å². The van der Waals surface area contributed by atoms with Crippen molar-refractivity contribution < 1.29 is 13.2 Å². The predicted octanol–water partition coefficient (Wildman–Crippen LogP) is 0.942. The average Bonchev–Trinajstić information content (AvgIpc) is 2.70. The van der Waals surface area contributed by atoms with Crippen molar-refractivity contribution in [3.05, 3.63) is 0 Å². The first kappa shape index (κ1) is 25.9. The van der Waals surface area contributed by atoms with Crippen LogP contribution in [0.25, 0.3) is 0 Å². The normalized spacial score (nSPS) is 21.3. The second-order valence-electron chi connectivity index (χ2n) is 7.45. The second kappa shape index (κ2) is 13.2. The molecule has 0 amide bonds. The number of methoxy groups -OCH3 is 1. The third-order valence-corrected chi connectivity index (χ3v) is 7.54. The number of sulfonamides is 1. The maximum Gasteiger partial charge on any atom is 0.213 e. The Labute approximate surface area is 187 Å². The number of nitrogens with one attached hydrogen (secondary N) is 2. The summed E-state index contributed by atoms with van der Waals surface area (Å²) in [5.41, 5.74) is 0. The van der Waals surface area contributed by atoms with Crippen LogP contribution < -0.4 is 10.6 Å². The van der Waals surface area contributed by atoms with Crippen LogP contribution in [-0.4, -0.2) is 95.4 Å². The molecule has 10 heteroatoms. The quantitative estimate of drug-likeness (QED) is 0.276. The summed E-state index contributed by atoms with van der Waals surface area (Å²) >= 11 is 0. The highest BCUT2D eigenvalue weighted by Gasteiger charge is 2.27. The van der Waals surface area contributed by atoms with Gasteiger partial charge in [0.1, 0.15) is 0 Å². The highest BCUT2D eigenvalue weighted by molar-refractivity contribution is 14.0. The maximum absolute atomic E-state index is 12.0. The first-order valence-electron chi connectivity index (χ1n) is 10.1. The van der Waals surface area contributed by atoms with E-state index in [1.54, 1.807) is 25.4 Å². The summed E-state index contributed by atoms with van der Waals surface area (Å²) in [7, 11) is 0.477. The molecule has 0 atom stereocenters. The van der Waals surface area contributed by atoms with Gasteiger partial charge in [-0.2, -0.15) is 0 Å². The molecule has 0 aromatic carbocycles. The van der Waals surface area contributed by atoms with Crippen molar-refractivity contribution in [2.24, 2.45) is 10.9 Å². The van der Waals surface area contributed by atoms with E-state index in [9.17, 15) is 8.42 Å². The van der Waals surface area contributed by atoms with E-state index >= 15 is 0 Å². The molecule has 166 valence electrons. The molecule has 0 aromatic rings. The fourth-order valence-corrected chi connectivity index (χ4v) is 4.86. The Morgan fingerprint density at radius 2 is 1.79 bits per heavy atom. The molecule has 2 aliphatic rings. The molecule has 8 nitrogen and oxygen atoms in total. The van der Waals surface area contributed by atoms with Gasteiger partial charge < -0.3 is 20.3 Å². The number of hydrogen-bond acceptors (Lipinski definition) is 5. The van der Waals surface area contributed by atoms with E-state index in [2.05, 4.69) is 20.5 Å². The van der Waals surface area contributed by atoms with Gasteiger partial charge in [-0.05, 0) is 51.6 Å². The van der Waals surface area contributed by atoms with Crippen LogP contribution in [0.2, 0.25) is 0 Å². The summed E-state index contributed by atoms with van der Waals surface area (Å²) in [5, 5.41) is 6.92. The van der Waals surface area contributed by atoms with E-state index in [4.69, 9.17) is 4.74 Å². The molecular weight excluding hydrogens is 493 g/mol. The van der Waals surface area contributed by atoms with Crippen LogP contribution in [-0.2, 0) is 14.8 Å². The van der Waals surface area contributed by atoms with Crippen molar-refractivity contribution in [1.29, 1.82) is 0 Å². The van der Waals surface area contributed by atoms with Gasteiger partial charge in [-0.25, -0.2) is 12.7 Å². The van der Waals surface area contributed by atoms with Crippen LogP contribution in [0.5, 0.6) is 0 Å². The van der Waals surface area contributed by atoms with Crippen molar-refractivity contribution in [2.45, 2.75) is 38.6 Å². The van der Waals surface area contributed by atoms with E-state index in [1.807, 2.05) is 0 Å². The molecule has 0 unspecified atom stereocenters. The molecule has 0 radical (unpaired) electrons. The lowest BCUT2D eigenvalue weighted by molar-refractivity contribution is 0.121. The monoisotopic (exact) mass is 531 g/mol. The van der Waals surface area contributed by atoms with E-state index in [-0.39, 0.29) is 35.8 Å². The molecule has 2 N–H and O–H groups in total. The van der Waals surface area contributed by atoms with Crippen LogP contribution in [0.1, 0.15) is 32.6 Å². The molecule has 0 spiro atoms. The number of ether oxygens (including phenoxy) is 1. The van der Waals surface area contributed by atoms with Gasteiger partial charge in [0, 0.05) is 46.4 Å². The zero-order chi connectivity index (χ0) is 19.7. The van der Waals surface area contributed by atoms with Gasteiger partial charge >= 0.3 is 0 Å². The summed E-state index contributed by atoms with van der Waals surface area (Å²) in [6, 6.07) is 0.274. The number of hydrogen-bond donors (Lipinski definition) is 2. The Kier molecular flexibility index (Phi) is 12.2. The number of nitrogens with zero attached hydrogens (tertiary/aromatic N) is 3. The number of halogens is 1. The minimum Gasteiger partial charge on any atom is -0.383 e. The predicted molar refractivity (Wildman–Crippen MR) is 125 cm³/mol. The Bertz CT molecular complexity index is 560. The summed E-state index contributed by atoms with van der Waals surface area (Å²) in [6.07, 6.45) is 4.03. The standard InChI is InChI=1S/C18H37N5O3S.HI/c1-4-27(24,25)23-11-7-17(8-12-23)21-18(19-2)20-15-16-5-9-22(10-6-16)13-14-26-3;/h16-17H,4-15H2,1-3H3,(H2,19,20,21);1H. The van der Waals surface area contributed by atoms with Gasteiger partial charge in [0.25, 0.3) is 0 Å². The number of rotatable bonds is 8. The van der Waals surface area contributed by atoms with Gasteiger partial charge in [0.15, 0.2) is 5.96 Å². The number of likely N-dealkylation sites (tertiary alicyclic amines) is 1. The zero-order valence-electron chi connectivity index (χ0n) is 17.5. The molecule has 28 heavy (non-hydrogen) atoms. The minimum absolute atomic E-state index is 0. The van der Waals surface area contributed by atoms with E-state index in [0.717, 1.165) is 51.6 Å². The van der Waals surface area contributed by atoms with Crippen molar-refractivity contribution in [1.82, 2.24) is 19.8 Å². The first-order chi connectivity index (χ1) is 13.0. The van der Waals surface area contributed by atoms with Gasteiger partial charge in [-0.15, -0.1) is 24.0 Å². The Morgan fingerprint density at radius 1 is 1.14 bits per heavy atom. The summed E-state index contributed by atoms with van der Waals surface area (Å²) in [4.78, 5) is 6.81. The lowest BCUT2D eigenvalue weighted by atomic mass is 9.97. The van der Waals surface area contributed by atoms with Crippen LogP contribution in [0.3, 0.4) is 0 Å². The zero-order valence-corrected chi connectivity index (χ0v) is 20.7. The molecule has 0 bridgehead atoms. The first-order valence-corrected chi connectivity index (χ1v) is 11.8. The molecule has 2 aliphatic heterocycles. The molecule has 0 saturated carbocycles. The van der Waals surface area contributed by atoms with Crippen molar-refractivity contribution in [2.75, 3.05) is 65.8 Å². The van der Waals surface area contributed by atoms with E-state index < -0.39 is 10.0 Å². The average molecular weight is 532 g/mol. The lowest BCUT2D eigenvalue weighted by Crippen LogP contribution is -2.51. The Balaban J connectivity index is 0.00000392. The van der Waals surface area contributed by atoms with Gasteiger partial charge in [-0.1, -0.05) is 0 Å². The third-order valence-electron chi connectivity index (χ3n) is 5.65. The molecule has 0 aliphatic carbocycles. The fourth-order valence-electron chi connectivity index (χ4n) is 3.72. The molecular formula is C18H38IN5O3S. The van der Waals surface area contributed by atoms with Crippen LogP contribution in [0.4, 0.5) is 0 Å². The van der Waals surface area contributed by atoms with Crippen molar-refractivity contribution in [3.63, 3.8) is 0 Å². The van der Waals surface area contributed by atoms with Crippen molar-refractivity contribution >= 4 is 40.0 Å². The highest BCUT2D eigenvalue weighted by atomic mass is 127. The SMILES string of the molecule is CCS(=O)(=O)N1CCC(NC(=NC)NCC2CCN(CCOC)CC2)CC1.I. The van der Waals surface area contributed by atoms with Gasteiger partial charge in [0.2, 0.25) is 10.0 Å². The van der Waals surface area contributed by atoms with Crippen LogP contribution in [0, 0.1) is 5.92 Å². The summed E-state index contributed by atoms with van der Waals surface area (Å²) in [5.74, 6) is 1.67. The number of aliphatic imine (C=N–C) groups is 1. The molecule has 2 rings (SSSR count). The van der Waals surface area contributed by atoms with Crippen LogP contribution >= 0.6 is 24.0 Å². The lowest BCUT2D eigenvalue weighted by Gasteiger charge is -2.33. The smallest absolute Gasteiger partial charge is 0.213 e. The van der Waals surface area contributed by atoms with E-state index in [1.165, 1.54) is 12.8 Å². The second-order valence-corrected chi connectivity index (χ2v) is 9.71. The number of piperidine rings is 2. The minimum atomic E-state index is -3.07. The van der Waals surface area contributed by atoms with E-state index in [0.29, 0.717) is 19.0 Å².